The molecule has 6 rings (SSSR count). The fraction of sp³-hybridized carbons (Fsp3) is 0.290. The third-order valence-electron chi connectivity index (χ3n) is 7.46. The van der Waals surface area contributed by atoms with Crippen LogP contribution in [0.25, 0.3) is 21.0 Å². The number of nitrogens with zero attached hydrogens (tertiary/aromatic N) is 4. The number of nitrogens with one attached hydrogen (secondary N) is 1. The number of aromatic nitrogens is 3. The molecule has 9 nitrogen and oxygen atoms in total. The van der Waals surface area contributed by atoms with Crippen LogP contribution in [0.15, 0.2) is 59.4 Å². The fourth-order valence-corrected chi connectivity index (χ4v) is 7.19. The molecule has 5 aromatic rings. The van der Waals surface area contributed by atoms with Gasteiger partial charge in [-0.25, -0.2) is 14.4 Å². The summed E-state index contributed by atoms with van der Waals surface area (Å²) in [5, 5.41) is 3.58. The molecule has 0 bridgehead atoms. The molecular weight excluding hydrogens is 590 g/mol. The molecule has 0 aliphatic carbocycles. The Morgan fingerprint density at radius 1 is 1.09 bits per heavy atom. The summed E-state index contributed by atoms with van der Waals surface area (Å²) in [6, 6.07) is 16.1. The number of carbonyl (C=O) groups excluding carboxylic acids is 1. The van der Waals surface area contributed by atoms with Crippen LogP contribution in [0.2, 0.25) is 0 Å². The van der Waals surface area contributed by atoms with Crippen molar-refractivity contribution in [1.29, 1.82) is 0 Å². The van der Waals surface area contributed by atoms with Crippen molar-refractivity contribution in [2.75, 3.05) is 25.7 Å². The second-order valence-corrected chi connectivity index (χ2v) is 12.5. The molecule has 1 saturated heterocycles. The highest BCUT2D eigenvalue weighted by Gasteiger charge is 2.33. The quantitative estimate of drug-likeness (QED) is 0.237. The number of ether oxygens (including phenoxy) is 2. The molecular formula is C31H30FN5O4S2. The van der Waals surface area contributed by atoms with Crippen molar-refractivity contribution in [1.82, 2.24) is 19.9 Å². The molecule has 1 unspecified atom stereocenters. The van der Waals surface area contributed by atoms with Crippen molar-refractivity contribution in [3.05, 3.63) is 86.8 Å². The van der Waals surface area contributed by atoms with Crippen LogP contribution in [-0.4, -0.2) is 47.2 Å². The summed E-state index contributed by atoms with van der Waals surface area (Å²) in [6.07, 6.45) is 1.50. The smallest absolute Gasteiger partial charge is 0.281 e. The maximum atomic E-state index is 15.1. The molecule has 0 radical (unpaired) electrons. The summed E-state index contributed by atoms with van der Waals surface area (Å²) in [5.41, 5.74) is 1.50. The van der Waals surface area contributed by atoms with Crippen LogP contribution in [0.4, 0.5) is 9.52 Å². The number of thiazole rings is 1. The average molecular weight is 620 g/mol. The van der Waals surface area contributed by atoms with Gasteiger partial charge in [-0.1, -0.05) is 41.7 Å². The summed E-state index contributed by atoms with van der Waals surface area (Å²) in [5.74, 6) is 0.831. The summed E-state index contributed by atoms with van der Waals surface area (Å²) in [4.78, 5) is 40.2. The van der Waals surface area contributed by atoms with E-state index in [9.17, 15) is 9.59 Å². The Labute approximate surface area is 255 Å². The molecule has 43 heavy (non-hydrogen) atoms. The van der Waals surface area contributed by atoms with Gasteiger partial charge in [-0.05, 0) is 43.5 Å². The minimum absolute atomic E-state index is 0.0851. The molecule has 3 aromatic heterocycles. The topological polar surface area (TPSA) is 98.6 Å². The van der Waals surface area contributed by atoms with Gasteiger partial charge in [-0.15, -0.1) is 11.3 Å². The standard InChI is InChI=1S/C31H30FN5O4S2/c1-18-14-22(32)26(42-18)27-35-29-25(30(39)37(27)17-20-11-12-21(40-2)15-24(20)41-3)34-31(43-29)36-13-7-10-23(36)28(38)33-16-19-8-5-4-6-9-19/h4-6,8-9,11-12,14-15,23H,7,10,13,16-17H2,1-3H3,(H,33,38). The molecule has 2 aromatic carbocycles. The second kappa shape index (κ2) is 12.1. The molecule has 1 fully saturated rings. The van der Waals surface area contributed by atoms with Gasteiger partial charge in [0.05, 0.1) is 20.8 Å². The van der Waals surface area contributed by atoms with Crippen LogP contribution in [0.5, 0.6) is 11.5 Å². The highest BCUT2D eigenvalue weighted by molar-refractivity contribution is 7.21. The lowest BCUT2D eigenvalue weighted by Crippen LogP contribution is -2.43. The predicted octanol–water partition coefficient (Wildman–Crippen LogP) is 5.38. The zero-order valence-corrected chi connectivity index (χ0v) is 25.6. The molecule has 4 heterocycles. The molecule has 0 spiro atoms. The Balaban J connectivity index is 1.39. The maximum absolute atomic E-state index is 15.1. The van der Waals surface area contributed by atoms with Crippen molar-refractivity contribution in [2.45, 2.75) is 38.9 Å². The Morgan fingerprint density at radius 3 is 2.63 bits per heavy atom. The largest absolute Gasteiger partial charge is 0.497 e. The SMILES string of the molecule is COc1ccc(Cn2c(-c3sc(C)cc3F)nc3sc(N4CCCC4C(=O)NCc4ccccc4)nc3c2=O)c(OC)c1. The summed E-state index contributed by atoms with van der Waals surface area (Å²) >= 11 is 2.48. The lowest BCUT2D eigenvalue weighted by molar-refractivity contribution is -0.122. The number of benzene rings is 2. The number of thiophene rings is 1. The van der Waals surface area contributed by atoms with Crippen molar-refractivity contribution < 1.29 is 18.7 Å². The van der Waals surface area contributed by atoms with E-state index in [0.29, 0.717) is 46.5 Å². The van der Waals surface area contributed by atoms with Crippen LogP contribution in [-0.2, 0) is 17.9 Å². The Bertz CT molecular complexity index is 1850. The zero-order chi connectivity index (χ0) is 30.1. The van der Waals surface area contributed by atoms with Gasteiger partial charge in [0.15, 0.2) is 21.3 Å². The van der Waals surface area contributed by atoms with Crippen LogP contribution in [0.1, 0.15) is 28.8 Å². The van der Waals surface area contributed by atoms with Crippen molar-refractivity contribution in [2.24, 2.45) is 0 Å². The van der Waals surface area contributed by atoms with E-state index in [-0.39, 0.29) is 28.7 Å². The number of halogens is 1. The molecule has 1 amide bonds. The number of rotatable bonds is 9. The number of methoxy groups -OCH3 is 2. The van der Waals surface area contributed by atoms with Crippen molar-refractivity contribution >= 4 is 44.1 Å². The number of aryl methyl sites for hydroxylation is 1. The third kappa shape index (κ3) is 5.72. The number of hydrogen-bond donors (Lipinski definition) is 1. The van der Waals surface area contributed by atoms with E-state index in [1.165, 1.54) is 33.3 Å². The number of hydrogen-bond acceptors (Lipinski definition) is 9. The Hall–Kier alpha value is -4.29. The van der Waals surface area contributed by atoms with Gasteiger partial charge < -0.3 is 19.7 Å². The predicted molar refractivity (Wildman–Crippen MR) is 167 cm³/mol. The van der Waals surface area contributed by atoms with Gasteiger partial charge in [-0.2, -0.15) is 0 Å². The minimum atomic E-state index is -0.441. The minimum Gasteiger partial charge on any atom is -0.497 e. The first-order chi connectivity index (χ1) is 20.9. The van der Waals surface area contributed by atoms with E-state index in [2.05, 4.69) is 5.32 Å². The normalized spacial score (nSPS) is 14.8. The Kier molecular flexibility index (Phi) is 8.13. The Morgan fingerprint density at radius 2 is 1.91 bits per heavy atom. The highest BCUT2D eigenvalue weighted by Crippen LogP contribution is 2.36. The number of amides is 1. The lowest BCUT2D eigenvalue weighted by Gasteiger charge is -2.23. The van der Waals surface area contributed by atoms with Gasteiger partial charge >= 0.3 is 0 Å². The third-order valence-corrected chi connectivity index (χ3v) is 9.46. The first-order valence-corrected chi connectivity index (χ1v) is 15.5. The van der Waals surface area contributed by atoms with Crippen LogP contribution in [0.3, 0.4) is 0 Å². The van der Waals surface area contributed by atoms with E-state index >= 15 is 4.39 Å². The van der Waals surface area contributed by atoms with Crippen molar-refractivity contribution in [3.8, 4) is 22.2 Å². The van der Waals surface area contributed by atoms with Gasteiger partial charge in [0, 0.05) is 29.6 Å². The maximum Gasteiger partial charge on any atom is 0.281 e. The molecule has 222 valence electrons. The molecule has 1 aliphatic heterocycles. The van der Waals surface area contributed by atoms with E-state index in [1.54, 1.807) is 26.4 Å². The molecule has 1 aliphatic rings. The van der Waals surface area contributed by atoms with Crippen molar-refractivity contribution in [3.63, 3.8) is 0 Å². The molecule has 12 heteroatoms. The van der Waals surface area contributed by atoms with Gasteiger partial charge in [0.1, 0.15) is 28.2 Å². The average Bonchev–Trinajstić information content (AvgIpc) is 3.76. The molecule has 1 N–H and O–H groups in total. The fourth-order valence-electron chi connectivity index (χ4n) is 5.30. The summed E-state index contributed by atoms with van der Waals surface area (Å²) in [7, 11) is 3.11. The van der Waals surface area contributed by atoms with E-state index < -0.39 is 17.4 Å². The molecule has 1 atom stereocenters. The van der Waals surface area contributed by atoms with Crippen LogP contribution < -0.4 is 25.2 Å². The van der Waals surface area contributed by atoms with E-state index in [0.717, 1.165) is 16.9 Å². The van der Waals surface area contributed by atoms with E-state index in [4.69, 9.17) is 19.4 Å². The molecule has 0 saturated carbocycles. The number of fused-ring (bicyclic) bond motifs is 1. The van der Waals surface area contributed by atoms with Gasteiger partial charge in [0.2, 0.25) is 5.91 Å². The first kappa shape index (κ1) is 28.8. The highest BCUT2D eigenvalue weighted by atomic mass is 32.1. The monoisotopic (exact) mass is 619 g/mol. The number of anilines is 1. The van der Waals surface area contributed by atoms with Crippen LogP contribution in [0, 0.1) is 12.7 Å². The van der Waals surface area contributed by atoms with E-state index in [1.807, 2.05) is 48.2 Å². The van der Waals surface area contributed by atoms with Gasteiger partial charge in [-0.3, -0.25) is 14.2 Å². The zero-order valence-electron chi connectivity index (χ0n) is 23.9. The number of carbonyl (C=O) groups is 1. The van der Waals surface area contributed by atoms with Crippen LogP contribution >= 0.6 is 22.7 Å². The second-order valence-electron chi connectivity index (χ2n) is 10.2. The van der Waals surface area contributed by atoms with Gasteiger partial charge in [0.25, 0.3) is 5.56 Å². The first-order valence-electron chi connectivity index (χ1n) is 13.8. The lowest BCUT2D eigenvalue weighted by atomic mass is 10.2. The summed E-state index contributed by atoms with van der Waals surface area (Å²) in [6.45, 7) is 2.96. The summed E-state index contributed by atoms with van der Waals surface area (Å²) < 4.78 is 27.5.